The monoisotopic (exact) mass is 271 g/mol. The Hall–Kier alpha value is -2.10. The fourth-order valence-electron chi connectivity index (χ4n) is 2.23. The molecule has 0 saturated carbocycles. The third-order valence-corrected chi connectivity index (χ3v) is 3.29. The SMILES string of the molecule is CCCCN(C(=O)c1cn(C)nc1C)c1ccccc1. The number of para-hydroxylation sites is 1. The van der Waals surface area contributed by atoms with Crippen LogP contribution in [0.15, 0.2) is 36.5 Å². The normalized spacial score (nSPS) is 10.6. The Morgan fingerprint density at radius 2 is 2.00 bits per heavy atom. The molecule has 1 aromatic heterocycles. The lowest BCUT2D eigenvalue weighted by Gasteiger charge is -2.22. The highest BCUT2D eigenvalue weighted by atomic mass is 16.2. The molecular formula is C16H21N3O. The first-order valence-corrected chi connectivity index (χ1v) is 7.00. The van der Waals surface area contributed by atoms with Crippen LogP contribution >= 0.6 is 0 Å². The highest BCUT2D eigenvalue weighted by Crippen LogP contribution is 2.19. The summed E-state index contributed by atoms with van der Waals surface area (Å²) in [7, 11) is 1.84. The van der Waals surface area contributed by atoms with Crippen LogP contribution in [0.2, 0.25) is 0 Å². The Bertz CT molecular complexity index is 575. The average Bonchev–Trinajstić information content (AvgIpc) is 2.79. The van der Waals surface area contributed by atoms with Gasteiger partial charge >= 0.3 is 0 Å². The number of amides is 1. The Balaban J connectivity index is 2.31. The number of aryl methyl sites for hydroxylation is 2. The molecule has 4 nitrogen and oxygen atoms in total. The van der Waals surface area contributed by atoms with Gasteiger partial charge in [0.05, 0.1) is 11.3 Å². The molecule has 1 aromatic carbocycles. The van der Waals surface area contributed by atoms with Gasteiger partial charge in [-0.2, -0.15) is 5.10 Å². The summed E-state index contributed by atoms with van der Waals surface area (Å²) >= 11 is 0. The summed E-state index contributed by atoms with van der Waals surface area (Å²) in [5.74, 6) is 0.0234. The fraction of sp³-hybridized carbons (Fsp3) is 0.375. The summed E-state index contributed by atoms with van der Waals surface area (Å²) in [6.45, 7) is 4.73. The van der Waals surface area contributed by atoms with Crippen LogP contribution in [0.5, 0.6) is 0 Å². The first-order chi connectivity index (χ1) is 9.63. The van der Waals surface area contributed by atoms with E-state index >= 15 is 0 Å². The molecule has 0 aliphatic carbocycles. The van der Waals surface area contributed by atoms with Crippen LogP contribution in [0.1, 0.15) is 35.8 Å². The van der Waals surface area contributed by atoms with Crippen LogP contribution in [0, 0.1) is 6.92 Å². The van der Waals surface area contributed by atoms with Gasteiger partial charge in [-0.1, -0.05) is 31.5 Å². The molecular weight excluding hydrogens is 250 g/mol. The van der Waals surface area contributed by atoms with Crippen molar-refractivity contribution in [2.45, 2.75) is 26.7 Å². The Kier molecular flexibility index (Phi) is 4.56. The summed E-state index contributed by atoms with van der Waals surface area (Å²) in [4.78, 5) is 14.6. The van der Waals surface area contributed by atoms with Gasteiger partial charge in [0, 0.05) is 25.5 Å². The van der Waals surface area contributed by atoms with Crippen molar-refractivity contribution in [3.63, 3.8) is 0 Å². The second kappa shape index (κ2) is 6.37. The van der Waals surface area contributed by atoms with Gasteiger partial charge < -0.3 is 4.90 Å². The number of hydrogen-bond acceptors (Lipinski definition) is 2. The van der Waals surface area contributed by atoms with E-state index in [1.807, 2.05) is 49.2 Å². The molecule has 0 unspecified atom stereocenters. The fourth-order valence-corrected chi connectivity index (χ4v) is 2.23. The maximum absolute atomic E-state index is 12.8. The van der Waals surface area contributed by atoms with Gasteiger partial charge in [-0.3, -0.25) is 9.48 Å². The van der Waals surface area contributed by atoms with E-state index in [4.69, 9.17) is 0 Å². The van der Waals surface area contributed by atoms with E-state index in [9.17, 15) is 4.79 Å². The molecule has 0 aliphatic heterocycles. The second-order valence-electron chi connectivity index (χ2n) is 4.95. The average molecular weight is 271 g/mol. The summed E-state index contributed by atoms with van der Waals surface area (Å²) in [6.07, 6.45) is 3.84. The lowest BCUT2D eigenvalue weighted by atomic mass is 10.2. The minimum absolute atomic E-state index is 0.0234. The van der Waals surface area contributed by atoms with E-state index in [-0.39, 0.29) is 5.91 Å². The molecule has 2 rings (SSSR count). The second-order valence-corrected chi connectivity index (χ2v) is 4.95. The number of hydrogen-bond donors (Lipinski definition) is 0. The van der Waals surface area contributed by atoms with Crippen molar-refractivity contribution >= 4 is 11.6 Å². The smallest absolute Gasteiger partial charge is 0.261 e. The van der Waals surface area contributed by atoms with Crippen molar-refractivity contribution in [3.8, 4) is 0 Å². The molecule has 0 spiro atoms. The first-order valence-electron chi connectivity index (χ1n) is 7.00. The van der Waals surface area contributed by atoms with Gasteiger partial charge in [0.15, 0.2) is 0 Å². The topological polar surface area (TPSA) is 38.1 Å². The van der Waals surface area contributed by atoms with Gasteiger partial charge in [-0.25, -0.2) is 0 Å². The predicted molar refractivity (Wildman–Crippen MR) is 81.0 cm³/mol. The highest BCUT2D eigenvalue weighted by Gasteiger charge is 2.20. The molecule has 2 aromatic rings. The zero-order valence-electron chi connectivity index (χ0n) is 12.3. The van der Waals surface area contributed by atoms with Crippen LogP contribution in [-0.2, 0) is 7.05 Å². The van der Waals surface area contributed by atoms with E-state index in [1.165, 1.54) is 0 Å². The van der Waals surface area contributed by atoms with Crippen molar-refractivity contribution in [1.29, 1.82) is 0 Å². The molecule has 106 valence electrons. The maximum atomic E-state index is 12.8. The molecule has 0 fully saturated rings. The zero-order valence-corrected chi connectivity index (χ0v) is 12.3. The molecule has 4 heteroatoms. The maximum Gasteiger partial charge on any atom is 0.261 e. The highest BCUT2D eigenvalue weighted by molar-refractivity contribution is 6.06. The lowest BCUT2D eigenvalue weighted by Crippen LogP contribution is -2.32. The molecule has 0 saturated heterocycles. The lowest BCUT2D eigenvalue weighted by molar-refractivity contribution is 0.0986. The number of anilines is 1. The number of aromatic nitrogens is 2. The van der Waals surface area contributed by atoms with Gasteiger partial charge in [-0.15, -0.1) is 0 Å². The van der Waals surface area contributed by atoms with Gasteiger partial charge in [0.25, 0.3) is 5.91 Å². The van der Waals surface area contributed by atoms with Crippen LogP contribution in [0.4, 0.5) is 5.69 Å². The summed E-state index contributed by atoms with van der Waals surface area (Å²) in [5.41, 5.74) is 2.39. The van der Waals surface area contributed by atoms with Gasteiger partial charge in [-0.05, 0) is 25.5 Å². The predicted octanol–water partition coefficient (Wildman–Crippen LogP) is 3.18. The van der Waals surface area contributed by atoms with Crippen LogP contribution in [0.25, 0.3) is 0 Å². The number of rotatable bonds is 5. The third-order valence-electron chi connectivity index (χ3n) is 3.29. The van der Waals surface area contributed by atoms with Crippen LogP contribution < -0.4 is 4.90 Å². The van der Waals surface area contributed by atoms with Crippen molar-refractivity contribution in [3.05, 3.63) is 47.8 Å². The van der Waals surface area contributed by atoms with E-state index in [0.717, 1.165) is 30.8 Å². The van der Waals surface area contributed by atoms with Crippen LogP contribution in [0.3, 0.4) is 0 Å². The summed E-state index contributed by atoms with van der Waals surface area (Å²) in [5, 5.41) is 4.26. The number of nitrogens with zero attached hydrogens (tertiary/aromatic N) is 3. The van der Waals surface area contributed by atoms with Crippen LogP contribution in [-0.4, -0.2) is 22.2 Å². The number of carbonyl (C=O) groups is 1. The van der Waals surface area contributed by atoms with Crippen molar-refractivity contribution < 1.29 is 4.79 Å². The number of benzene rings is 1. The quantitative estimate of drug-likeness (QED) is 0.837. The van der Waals surface area contributed by atoms with Crippen molar-refractivity contribution in [2.24, 2.45) is 7.05 Å². The molecule has 20 heavy (non-hydrogen) atoms. The van der Waals surface area contributed by atoms with E-state index in [1.54, 1.807) is 10.9 Å². The van der Waals surface area contributed by atoms with Gasteiger partial charge in [0.2, 0.25) is 0 Å². The minimum atomic E-state index is 0.0234. The molecule has 0 aliphatic rings. The number of carbonyl (C=O) groups excluding carboxylic acids is 1. The number of unbranched alkanes of at least 4 members (excludes halogenated alkanes) is 1. The standard InChI is InChI=1S/C16H21N3O/c1-4-5-11-19(14-9-7-6-8-10-14)16(20)15-12-18(3)17-13(15)2/h6-10,12H,4-5,11H2,1-3H3. The Morgan fingerprint density at radius 1 is 1.30 bits per heavy atom. The molecule has 1 heterocycles. The largest absolute Gasteiger partial charge is 0.308 e. The zero-order chi connectivity index (χ0) is 14.5. The molecule has 0 radical (unpaired) electrons. The first kappa shape index (κ1) is 14.3. The Labute approximate surface area is 120 Å². The minimum Gasteiger partial charge on any atom is -0.308 e. The molecule has 0 N–H and O–H groups in total. The van der Waals surface area contributed by atoms with Crippen molar-refractivity contribution in [2.75, 3.05) is 11.4 Å². The summed E-state index contributed by atoms with van der Waals surface area (Å²) < 4.78 is 1.69. The molecule has 1 amide bonds. The van der Waals surface area contributed by atoms with Gasteiger partial charge in [0.1, 0.15) is 0 Å². The molecule has 0 atom stereocenters. The molecule has 0 bridgehead atoms. The van der Waals surface area contributed by atoms with E-state index < -0.39 is 0 Å². The third kappa shape index (κ3) is 3.07. The Morgan fingerprint density at radius 3 is 2.55 bits per heavy atom. The summed E-state index contributed by atoms with van der Waals surface area (Å²) in [6, 6.07) is 9.81. The van der Waals surface area contributed by atoms with E-state index in [0.29, 0.717) is 5.56 Å². The van der Waals surface area contributed by atoms with E-state index in [2.05, 4.69) is 12.0 Å². The van der Waals surface area contributed by atoms with Crippen molar-refractivity contribution in [1.82, 2.24) is 9.78 Å².